The molecule has 1 aromatic carbocycles. The zero-order valence-corrected chi connectivity index (χ0v) is 15.8. The van der Waals surface area contributed by atoms with E-state index in [0.29, 0.717) is 5.04 Å². The maximum atomic E-state index is 3.62. The van der Waals surface area contributed by atoms with Gasteiger partial charge in [-0.1, -0.05) is 105 Å². The van der Waals surface area contributed by atoms with E-state index in [0.717, 1.165) is 5.33 Å². The minimum Gasteiger partial charge on any atom is -0.0876 e. The third-order valence-corrected chi connectivity index (χ3v) is 6.87. The molecule has 0 saturated heterocycles. The van der Waals surface area contributed by atoms with Gasteiger partial charge in [0.25, 0.3) is 0 Å². The largest absolute Gasteiger partial charge is 0.0876 e. The highest BCUT2D eigenvalue weighted by molar-refractivity contribution is 9.08. The molecular formula is C17H29BrSi. The van der Waals surface area contributed by atoms with Gasteiger partial charge >= 0.3 is 0 Å². The quantitative estimate of drug-likeness (QED) is 0.339. The fraction of sp³-hybridized carbons (Fsp3) is 0.647. The van der Waals surface area contributed by atoms with Crippen LogP contribution >= 0.6 is 15.9 Å². The Bertz CT molecular complexity index is 360. The molecule has 0 heterocycles. The number of alkyl halides is 1. The summed E-state index contributed by atoms with van der Waals surface area (Å²) in [6.45, 7) is 7.24. The van der Waals surface area contributed by atoms with Crippen LogP contribution < -0.4 is 5.19 Å². The zero-order chi connectivity index (χ0) is 14.1. The molecule has 0 atom stereocenters. The molecule has 0 amide bonds. The van der Waals surface area contributed by atoms with Crippen molar-refractivity contribution in [1.82, 2.24) is 0 Å². The molecule has 0 radical (unpaired) electrons. The minimum absolute atomic E-state index is 0.193. The average Bonchev–Trinajstić information content (AvgIpc) is 2.38. The second-order valence-electron chi connectivity index (χ2n) is 6.41. The van der Waals surface area contributed by atoms with E-state index in [1.54, 1.807) is 5.19 Å². The highest BCUT2D eigenvalue weighted by Gasteiger charge is 2.19. The van der Waals surface area contributed by atoms with E-state index in [9.17, 15) is 0 Å². The summed E-state index contributed by atoms with van der Waals surface area (Å²) in [5.41, 5.74) is 1.51. The fourth-order valence-electron chi connectivity index (χ4n) is 2.67. The molecule has 1 rings (SSSR count). The molecule has 0 N–H and O–H groups in total. The Labute approximate surface area is 130 Å². The van der Waals surface area contributed by atoms with Crippen LogP contribution in [0.2, 0.25) is 5.04 Å². The van der Waals surface area contributed by atoms with Crippen molar-refractivity contribution in [2.45, 2.75) is 69.7 Å². The van der Waals surface area contributed by atoms with E-state index in [4.69, 9.17) is 0 Å². The Hall–Kier alpha value is -0.0831. The monoisotopic (exact) mass is 340 g/mol. The predicted molar refractivity (Wildman–Crippen MR) is 94.7 cm³/mol. The second-order valence-corrected chi connectivity index (χ2v) is 10.00. The van der Waals surface area contributed by atoms with Gasteiger partial charge in [-0.25, -0.2) is 0 Å². The number of unbranched alkanes of at least 4 members (excludes halogenated alkanes) is 4. The van der Waals surface area contributed by atoms with Gasteiger partial charge in [0.2, 0.25) is 0 Å². The Morgan fingerprint density at radius 3 is 2.42 bits per heavy atom. The maximum absolute atomic E-state index is 3.62. The van der Waals surface area contributed by atoms with Crippen LogP contribution in [-0.4, -0.2) is 9.52 Å². The first-order valence-corrected chi connectivity index (χ1v) is 10.3. The summed E-state index contributed by atoms with van der Waals surface area (Å²) >= 11 is 3.62. The summed E-state index contributed by atoms with van der Waals surface area (Å²) in [6.07, 6.45) is 8.41. The smallest absolute Gasteiger partial charge is 0.0607 e. The SMILES string of the molecule is CCCCCCCC(C)(C)[SiH2]c1ccccc1CBr. The molecule has 0 unspecified atom stereocenters. The van der Waals surface area contributed by atoms with Gasteiger partial charge < -0.3 is 0 Å². The summed E-state index contributed by atoms with van der Waals surface area (Å²) in [5, 5.41) is 3.21. The molecular weight excluding hydrogens is 312 g/mol. The van der Waals surface area contributed by atoms with Crippen molar-refractivity contribution in [2.24, 2.45) is 0 Å². The normalized spacial score (nSPS) is 12.4. The van der Waals surface area contributed by atoms with Crippen LogP contribution in [0.25, 0.3) is 0 Å². The Morgan fingerprint density at radius 1 is 1.05 bits per heavy atom. The molecule has 0 aliphatic carbocycles. The highest BCUT2D eigenvalue weighted by Crippen LogP contribution is 2.30. The minimum atomic E-state index is -0.193. The van der Waals surface area contributed by atoms with Crippen molar-refractivity contribution < 1.29 is 0 Å². The van der Waals surface area contributed by atoms with Gasteiger partial charge in [-0.05, 0) is 10.6 Å². The fourth-order valence-corrected chi connectivity index (χ4v) is 5.77. The maximum Gasteiger partial charge on any atom is 0.0607 e. The van der Waals surface area contributed by atoms with Gasteiger partial charge in [0.15, 0.2) is 0 Å². The standard InChI is InChI=1S/C17H29BrSi/c1-4-5-6-7-10-13-17(2,3)19-16-12-9-8-11-15(16)14-18/h8-9,11-12H,4-7,10,13-14,19H2,1-3H3. The van der Waals surface area contributed by atoms with Gasteiger partial charge in [-0.3, -0.25) is 0 Å². The van der Waals surface area contributed by atoms with Crippen LogP contribution in [0.3, 0.4) is 0 Å². The summed E-state index contributed by atoms with van der Waals surface area (Å²) in [4.78, 5) is 0. The average molecular weight is 341 g/mol. The number of benzene rings is 1. The van der Waals surface area contributed by atoms with Gasteiger partial charge in [0.1, 0.15) is 0 Å². The second kappa shape index (κ2) is 8.96. The number of hydrogen-bond donors (Lipinski definition) is 0. The first-order valence-electron chi connectivity index (χ1n) is 7.72. The van der Waals surface area contributed by atoms with E-state index in [-0.39, 0.29) is 9.52 Å². The van der Waals surface area contributed by atoms with Crippen molar-refractivity contribution in [3.05, 3.63) is 29.8 Å². The number of hydrogen-bond acceptors (Lipinski definition) is 0. The van der Waals surface area contributed by atoms with Crippen LogP contribution in [0.5, 0.6) is 0 Å². The molecule has 0 saturated carbocycles. The van der Waals surface area contributed by atoms with E-state index in [1.165, 1.54) is 44.1 Å². The van der Waals surface area contributed by atoms with Crippen LogP contribution in [0.4, 0.5) is 0 Å². The first-order chi connectivity index (χ1) is 9.09. The van der Waals surface area contributed by atoms with Crippen molar-refractivity contribution in [2.75, 3.05) is 0 Å². The van der Waals surface area contributed by atoms with Crippen LogP contribution in [-0.2, 0) is 5.33 Å². The Kier molecular flexibility index (Phi) is 8.01. The van der Waals surface area contributed by atoms with E-state index < -0.39 is 0 Å². The topological polar surface area (TPSA) is 0 Å². The third kappa shape index (κ3) is 6.76. The predicted octanol–water partition coefficient (Wildman–Crippen LogP) is 4.93. The molecule has 19 heavy (non-hydrogen) atoms. The van der Waals surface area contributed by atoms with E-state index in [2.05, 4.69) is 61.0 Å². The van der Waals surface area contributed by atoms with E-state index in [1.807, 2.05) is 0 Å². The lowest BCUT2D eigenvalue weighted by Gasteiger charge is -2.25. The van der Waals surface area contributed by atoms with Crippen molar-refractivity contribution >= 4 is 30.6 Å². The molecule has 0 fully saturated rings. The molecule has 1 aromatic rings. The van der Waals surface area contributed by atoms with Crippen molar-refractivity contribution in [3.63, 3.8) is 0 Å². The lowest BCUT2D eigenvalue weighted by molar-refractivity contribution is 0.531. The van der Waals surface area contributed by atoms with E-state index >= 15 is 0 Å². The molecule has 0 aliphatic rings. The summed E-state index contributed by atoms with van der Waals surface area (Å²) in [6, 6.07) is 8.98. The molecule has 0 aromatic heterocycles. The Morgan fingerprint density at radius 2 is 1.74 bits per heavy atom. The van der Waals surface area contributed by atoms with Gasteiger partial charge in [0, 0.05) is 5.33 Å². The Balaban J connectivity index is 2.44. The molecule has 0 spiro atoms. The van der Waals surface area contributed by atoms with Crippen LogP contribution in [0.15, 0.2) is 24.3 Å². The lowest BCUT2D eigenvalue weighted by Crippen LogP contribution is -2.28. The van der Waals surface area contributed by atoms with Gasteiger partial charge in [0.05, 0.1) is 9.52 Å². The first kappa shape index (κ1) is 17.0. The van der Waals surface area contributed by atoms with Crippen LogP contribution in [0, 0.1) is 0 Å². The van der Waals surface area contributed by atoms with Crippen LogP contribution in [0.1, 0.15) is 64.9 Å². The lowest BCUT2D eigenvalue weighted by atomic mass is 10.0. The number of rotatable bonds is 9. The molecule has 108 valence electrons. The highest BCUT2D eigenvalue weighted by atomic mass is 79.9. The third-order valence-electron chi connectivity index (χ3n) is 3.89. The summed E-state index contributed by atoms with van der Waals surface area (Å²) in [5.74, 6) is 0. The van der Waals surface area contributed by atoms with Crippen molar-refractivity contribution in [3.8, 4) is 0 Å². The molecule has 0 bridgehead atoms. The zero-order valence-electron chi connectivity index (χ0n) is 12.8. The van der Waals surface area contributed by atoms with Gasteiger partial charge in [-0.15, -0.1) is 0 Å². The van der Waals surface area contributed by atoms with Gasteiger partial charge in [-0.2, -0.15) is 0 Å². The molecule has 0 nitrogen and oxygen atoms in total. The molecule has 2 heteroatoms. The number of halogens is 1. The summed E-state index contributed by atoms with van der Waals surface area (Å²) < 4.78 is 0. The van der Waals surface area contributed by atoms with Crippen molar-refractivity contribution in [1.29, 1.82) is 0 Å². The summed E-state index contributed by atoms with van der Waals surface area (Å²) in [7, 11) is -0.193. The molecule has 0 aliphatic heterocycles.